The van der Waals surface area contributed by atoms with E-state index in [1.807, 2.05) is 19.1 Å². The summed E-state index contributed by atoms with van der Waals surface area (Å²) in [5, 5.41) is 1.28. The first-order valence-electron chi connectivity index (χ1n) is 9.35. The largest absolute Gasteiger partial charge is 0.330 e. The standard InChI is InChI=1S/C20H26Cl2N4/c1-3-4-6-14(12-23)19-16-7-5-10-26(20(16)25-13(2)24-19)18-9-8-15(21)11-17(18)22/h8-9,11,14H,3-7,10,12,23H2,1-2H3. The molecule has 26 heavy (non-hydrogen) atoms. The van der Waals surface area contributed by atoms with E-state index in [1.165, 1.54) is 5.56 Å². The molecule has 3 rings (SSSR count). The summed E-state index contributed by atoms with van der Waals surface area (Å²) < 4.78 is 0. The molecule has 0 spiro atoms. The molecule has 1 aliphatic heterocycles. The smallest absolute Gasteiger partial charge is 0.140 e. The molecule has 0 saturated carbocycles. The molecular weight excluding hydrogens is 367 g/mol. The molecule has 0 amide bonds. The minimum Gasteiger partial charge on any atom is -0.330 e. The maximum absolute atomic E-state index is 6.48. The van der Waals surface area contributed by atoms with E-state index in [2.05, 4.69) is 11.8 Å². The summed E-state index contributed by atoms with van der Waals surface area (Å²) in [6.45, 7) is 5.66. The lowest BCUT2D eigenvalue weighted by Crippen LogP contribution is -2.29. The summed E-state index contributed by atoms with van der Waals surface area (Å²) in [4.78, 5) is 11.8. The van der Waals surface area contributed by atoms with Crippen molar-refractivity contribution in [1.29, 1.82) is 0 Å². The van der Waals surface area contributed by atoms with E-state index in [0.717, 1.165) is 61.7 Å². The van der Waals surface area contributed by atoms with Crippen LogP contribution in [0.1, 0.15) is 55.6 Å². The van der Waals surface area contributed by atoms with Gasteiger partial charge in [-0.2, -0.15) is 0 Å². The second-order valence-electron chi connectivity index (χ2n) is 6.88. The molecule has 2 heterocycles. The lowest BCUT2D eigenvalue weighted by Gasteiger charge is -2.33. The third kappa shape index (κ3) is 3.98. The van der Waals surface area contributed by atoms with Gasteiger partial charge in [0.05, 0.1) is 16.4 Å². The quantitative estimate of drug-likeness (QED) is 0.713. The fraction of sp³-hybridized carbons (Fsp3) is 0.500. The molecule has 1 atom stereocenters. The van der Waals surface area contributed by atoms with E-state index in [0.29, 0.717) is 16.6 Å². The van der Waals surface area contributed by atoms with Crippen LogP contribution in [0.4, 0.5) is 11.5 Å². The van der Waals surface area contributed by atoms with Crippen molar-refractivity contribution in [1.82, 2.24) is 9.97 Å². The summed E-state index contributed by atoms with van der Waals surface area (Å²) in [6.07, 6.45) is 5.41. The Morgan fingerprint density at radius 2 is 2.08 bits per heavy atom. The fourth-order valence-electron chi connectivity index (χ4n) is 3.67. The van der Waals surface area contributed by atoms with Gasteiger partial charge < -0.3 is 10.6 Å². The fourth-order valence-corrected chi connectivity index (χ4v) is 4.18. The van der Waals surface area contributed by atoms with Gasteiger partial charge in [-0.1, -0.05) is 43.0 Å². The van der Waals surface area contributed by atoms with Gasteiger partial charge in [0.25, 0.3) is 0 Å². The molecule has 0 bridgehead atoms. The van der Waals surface area contributed by atoms with E-state index in [-0.39, 0.29) is 5.92 Å². The zero-order valence-electron chi connectivity index (χ0n) is 15.4. The number of benzene rings is 1. The Hall–Kier alpha value is -1.36. The predicted molar refractivity (Wildman–Crippen MR) is 110 cm³/mol. The summed E-state index contributed by atoms with van der Waals surface area (Å²) in [5.41, 5.74) is 9.39. The van der Waals surface area contributed by atoms with Gasteiger partial charge in [-0.3, -0.25) is 0 Å². The Morgan fingerprint density at radius 3 is 2.77 bits per heavy atom. The molecule has 4 nitrogen and oxygen atoms in total. The molecule has 1 aromatic heterocycles. The van der Waals surface area contributed by atoms with Crippen molar-refractivity contribution in [2.24, 2.45) is 5.73 Å². The molecule has 2 aromatic rings. The van der Waals surface area contributed by atoms with Crippen molar-refractivity contribution in [3.63, 3.8) is 0 Å². The van der Waals surface area contributed by atoms with Crippen molar-refractivity contribution < 1.29 is 0 Å². The van der Waals surface area contributed by atoms with Gasteiger partial charge in [-0.25, -0.2) is 9.97 Å². The Labute approximate surface area is 165 Å². The minimum absolute atomic E-state index is 0.283. The van der Waals surface area contributed by atoms with Crippen molar-refractivity contribution >= 4 is 34.7 Å². The number of aromatic nitrogens is 2. The van der Waals surface area contributed by atoms with Crippen LogP contribution in [0.15, 0.2) is 18.2 Å². The van der Waals surface area contributed by atoms with Gasteiger partial charge in [-0.15, -0.1) is 0 Å². The summed E-state index contributed by atoms with van der Waals surface area (Å²) >= 11 is 12.6. The molecule has 0 fully saturated rings. The number of anilines is 2. The molecule has 1 unspecified atom stereocenters. The Balaban J connectivity index is 2.07. The first-order valence-corrected chi connectivity index (χ1v) is 10.1. The molecule has 2 N–H and O–H groups in total. The van der Waals surface area contributed by atoms with E-state index >= 15 is 0 Å². The number of hydrogen-bond acceptors (Lipinski definition) is 4. The number of nitrogens with zero attached hydrogens (tertiary/aromatic N) is 3. The number of rotatable bonds is 6. The van der Waals surface area contributed by atoms with Gasteiger partial charge >= 0.3 is 0 Å². The second kappa shape index (κ2) is 8.55. The highest BCUT2D eigenvalue weighted by molar-refractivity contribution is 6.36. The Morgan fingerprint density at radius 1 is 1.27 bits per heavy atom. The van der Waals surface area contributed by atoms with Crippen LogP contribution in [0.25, 0.3) is 0 Å². The lowest BCUT2D eigenvalue weighted by molar-refractivity contribution is 0.565. The molecular formula is C20H26Cl2N4. The zero-order chi connectivity index (χ0) is 18.7. The van der Waals surface area contributed by atoms with Crippen LogP contribution in [-0.4, -0.2) is 23.1 Å². The van der Waals surface area contributed by atoms with Crippen LogP contribution < -0.4 is 10.6 Å². The molecule has 0 saturated heterocycles. The summed E-state index contributed by atoms with van der Waals surface area (Å²) in [5.74, 6) is 2.04. The van der Waals surface area contributed by atoms with E-state index in [1.54, 1.807) is 6.07 Å². The summed E-state index contributed by atoms with van der Waals surface area (Å²) in [6, 6.07) is 5.62. The predicted octanol–water partition coefficient (Wildman–Crippen LogP) is 5.41. The maximum Gasteiger partial charge on any atom is 0.140 e. The number of hydrogen-bond donors (Lipinski definition) is 1. The third-order valence-electron chi connectivity index (χ3n) is 4.97. The van der Waals surface area contributed by atoms with Crippen LogP contribution in [0, 0.1) is 6.92 Å². The van der Waals surface area contributed by atoms with Crippen LogP contribution in [0.3, 0.4) is 0 Å². The van der Waals surface area contributed by atoms with Gasteiger partial charge in [0, 0.05) is 29.6 Å². The monoisotopic (exact) mass is 392 g/mol. The lowest BCUT2D eigenvalue weighted by atomic mass is 9.91. The number of nitrogens with two attached hydrogens (primary N) is 1. The average Bonchev–Trinajstić information content (AvgIpc) is 2.62. The Bertz CT molecular complexity index is 779. The number of halogens is 2. The van der Waals surface area contributed by atoms with Crippen molar-refractivity contribution in [2.45, 2.75) is 51.9 Å². The topological polar surface area (TPSA) is 55.0 Å². The highest BCUT2D eigenvalue weighted by Gasteiger charge is 2.27. The molecule has 0 radical (unpaired) electrons. The zero-order valence-corrected chi connectivity index (χ0v) is 16.9. The van der Waals surface area contributed by atoms with Gasteiger partial charge in [0.15, 0.2) is 0 Å². The number of unbranched alkanes of at least 4 members (excludes halogenated alkanes) is 1. The highest BCUT2D eigenvalue weighted by Crippen LogP contribution is 2.39. The molecule has 6 heteroatoms. The van der Waals surface area contributed by atoms with E-state index < -0.39 is 0 Å². The molecule has 0 aliphatic carbocycles. The van der Waals surface area contributed by atoms with Crippen molar-refractivity contribution in [3.05, 3.63) is 45.3 Å². The van der Waals surface area contributed by atoms with E-state index in [9.17, 15) is 0 Å². The van der Waals surface area contributed by atoms with Crippen molar-refractivity contribution in [2.75, 3.05) is 18.0 Å². The Kier molecular flexibility index (Phi) is 6.38. The minimum atomic E-state index is 0.283. The summed E-state index contributed by atoms with van der Waals surface area (Å²) in [7, 11) is 0. The van der Waals surface area contributed by atoms with Crippen LogP contribution in [0.2, 0.25) is 10.0 Å². The second-order valence-corrected chi connectivity index (χ2v) is 7.73. The number of fused-ring (bicyclic) bond motifs is 1. The molecule has 1 aliphatic rings. The van der Waals surface area contributed by atoms with Crippen molar-refractivity contribution in [3.8, 4) is 0 Å². The van der Waals surface area contributed by atoms with Gasteiger partial charge in [0.1, 0.15) is 11.6 Å². The van der Waals surface area contributed by atoms with Crippen LogP contribution >= 0.6 is 23.2 Å². The molecule has 1 aromatic carbocycles. The first-order chi connectivity index (χ1) is 12.5. The van der Waals surface area contributed by atoms with Gasteiger partial charge in [-0.05, 0) is 44.4 Å². The first kappa shape index (κ1) is 19.4. The van der Waals surface area contributed by atoms with Crippen LogP contribution in [-0.2, 0) is 6.42 Å². The average molecular weight is 393 g/mol. The van der Waals surface area contributed by atoms with Crippen LogP contribution in [0.5, 0.6) is 0 Å². The van der Waals surface area contributed by atoms with E-state index in [4.69, 9.17) is 38.9 Å². The third-order valence-corrected chi connectivity index (χ3v) is 5.51. The van der Waals surface area contributed by atoms with Gasteiger partial charge in [0.2, 0.25) is 0 Å². The molecule has 140 valence electrons. The maximum atomic E-state index is 6.48. The SMILES string of the molecule is CCCCC(CN)c1nc(C)nc2c1CCCN2c1ccc(Cl)cc1Cl. The normalized spacial score (nSPS) is 15.0. The highest BCUT2D eigenvalue weighted by atomic mass is 35.5. The number of aryl methyl sites for hydroxylation is 1.